The first-order valence-corrected chi connectivity index (χ1v) is 7.28. The SMILES string of the molecule is CCNC(C)(CCCSCCCO)C(=O)OC. The Hall–Kier alpha value is -0.260. The Morgan fingerprint density at radius 1 is 1.41 bits per heavy atom. The molecule has 1 atom stereocenters. The summed E-state index contributed by atoms with van der Waals surface area (Å²) in [4.78, 5) is 11.7. The lowest BCUT2D eigenvalue weighted by Gasteiger charge is -2.27. The number of carbonyl (C=O) groups excluding carboxylic acids is 1. The van der Waals surface area contributed by atoms with E-state index < -0.39 is 5.54 Å². The molecule has 0 aliphatic rings. The van der Waals surface area contributed by atoms with Gasteiger partial charge in [0.05, 0.1) is 7.11 Å². The van der Waals surface area contributed by atoms with E-state index in [0.29, 0.717) is 0 Å². The van der Waals surface area contributed by atoms with E-state index in [1.54, 1.807) is 0 Å². The van der Waals surface area contributed by atoms with Gasteiger partial charge in [0.1, 0.15) is 5.54 Å². The predicted octanol–water partition coefficient (Wildman–Crippen LogP) is 1.42. The van der Waals surface area contributed by atoms with Crippen LogP contribution in [0.25, 0.3) is 0 Å². The molecular weight excluding hydrogens is 238 g/mol. The number of methoxy groups -OCH3 is 1. The van der Waals surface area contributed by atoms with Crippen LogP contribution < -0.4 is 5.32 Å². The molecule has 0 radical (unpaired) electrons. The highest BCUT2D eigenvalue weighted by atomic mass is 32.2. The molecule has 0 fully saturated rings. The second-order valence-electron chi connectivity index (χ2n) is 4.15. The van der Waals surface area contributed by atoms with E-state index in [1.807, 2.05) is 25.6 Å². The van der Waals surface area contributed by atoms with Gasteiger partial charge in [-0.25, -0.2) is 0 Å². The number of likely N-dealkylation sites (N-methyl/N-ethyl adjacent to an activating group) is 1. The molecule has 0 aromatic rings. The number of rotatable bonds is 10. The number of carbonyl (C=O) groups is 1. The number of aliphatic hydroxyl groups is 1. The first-order valence-electron chi connectivity index (χ1n) is 6.12. The summed E-state index contributed by atoms with van der Waals surface area (Å²) in [6.07, 6.45) is 2.58. The summed E-state index contributed by atoms with van der Waals surface area (Å²) in [7, 11) is 1.42. The van der Waals surface area contributed by atoms with Gasteiger partial charge in [0, 0.05) is 6.61 Å². The van der Waals surface area contributed by atoms with Crippen LogP contribution in [0, 0.1) is 0 Å². The lowest BCUT2D eigenvalue weighted by atomic mass is 9.96. The molecule has 0 amide bonds. The van der Waals surface area contributed by atoms with Crippen molar-refractivity contribution in [3.8, 4) is 0 Å². The van der Waals surface area contributed by atoms with Crippen molar-refractivity contribution in [2.24, 2.45) is 0 Å². The fourth-order valence-electron chi connectivity index (χ4n) is 1.67. The van der Waals surface area contributed by atoms with Crippen molar-refractivity contribution in [3.05, 3.63) is 0 Å². The van der Waals surface area contributed by atoms with Crippen LogP contribution in [0.1, 0.15) is 33.1 Å². The molecule has 0 rings (SSSR count). The van der Waals surface area contributed by atoms with Crippen molar-refractivity contribution in [1.82, 2.24) is 5.32 Å². The minimum absolute atomic E-state index is 0.195. The van der Waals surface area contributed by atoms with E-state index in [1.165, 1.54) is 7.11 Å². The molecule has 0 bridgehead atoms. The van der Waals surface area contributed by atoms with Crippen LogP contribution in [0.3, 0.4) is 0 Å². The largest absolute Gasteiger partial charge is 0.468 e. The third-order valence-electron chi connectivity index (χ3n) is 2.62. The average Bonchev–Trinajstić information content (AvgIpc) is 2.33. The number of hydrogen-bond donors (Lipinski definition) is 2. The molecule has 5 heteroatoms. The van der Waals surface area contributed by atoms with Crippen molar-refractivity contribution >= 4 is 17.7 Å². The van der Waals surface area contributed by atoms with Gasteiger partial charge in [0.2, 0.25) is 0 Å². The lowest BCUT2D eigenvalue weighted by Crippen LogP contribution is -2.50. The highest BCUT2D eigenvalue weighted by molar-refractivity contribution is 7.99. The smallest absolute Gasteiger partial charge is 0.325 e. The fourth-order valence-corrected chi connectivity index (χ4v) is 2.56. The summed E-state index contributed by atoms with van der Waals surface area (Å²) in [5.74, 6) is 1.80. The van der Waals surface area contributed by atoms with Gasteiger partial charge in [-0.15, -0.1) is 0 Å². The first kappa shape index (κ1) is 16.7. The third kappa shape index (κ3) is 6.91. The monoisotopic (exact) mass is 263 g/mol. The Bertz CT molecular complexity index is 214. The van der Waals surface area contributed by atoms with E-state index >= 15 is 0 Å². The lowest BCUT2D eigenvalue weighted by molar-refractivity contribution is -0.148. The summed E-state index contributed by atoms with van der Waals surface area (Å²) in [5.41, 5.74) is -0.568. The van der Waals surface area contributed by atoms with Gasteiger partial charge < -0.3 is 15.2 Å². The molecule has 0 saturated heterocycles. The number of ether oxygens (including phenoxy) is 1. The molecule has 0 aromatic carbocycles. The molecule has 0 aliphatic carbocycles. The van der Waals surface area contributed by atoms with Crippen LogP contribution in [0.15, 0.2) is 0 Å². The topological polar surface area (TPSA) is 58.6 Å². The Labute approximate surface area is 108 Å². The van der Waals surface area contributed by atoms with E-state index in [9.17, 15) is 4.79 Å². The normalized spacial score (nSPS) is 14.4. The molecule has 0 heterocycles. The van der Waals surface area contributed by atoms with Crippen molar-refractivity contribution in [1.29, 1.82) is 0 Å². The summed E-state index contributed by atoms with van der Waals surface area (Å²) in [6.45, 7) is 4.88. The summed E-state index contributed by atoms with van der Waals surface area (Å²) < 4.78 is 4.82. The van der Waals surface area contributed by atoms with E-state index in [-0.39, 0.29) is 12.6 Å². The zero-order valence-electron chi connectivity index (χ0n) is 11.1. The van der Waals surface area contributed by atoms with Crippen LogP contribution in [0.4, 0.5) is 0 Å². The molecule has 102 valence electrons. The van der Waals surface area contributed by atoms with Gasteiger partial charge in [0.25, 0.3) is 0 Å². The molecule has 1 unspecified atom stereocenters. The van der Waals surface area contributed by atoms with Gasteiger partial charge >= 0.3 is 5.97 Å². The number of thioether (sulfide) groups is 1. The van der Waals surface area contributed by atoms with Crippen LogP contribution in [-0.2, 0) is 9.53 Å². The maximum absolute atomic E-state index is 11.7. The van der Waals surface area contributed by atoms with E-state index in [4.69, 9.17) is 9.84 Å². The van der Waals surface area contributed by atoms with Gasteiger partial charge in [-0.05, 0) is 44.2 Å². The quantitative estimate of drug-likeness (QED) is 0.461. The van der Waals surface area contributed by atoms with E-state index in [0.717, 1.165) is 37.3 Å². The number of esters is 1. The predicted molar refractivity (Wildman–Crippen MR) is 72.4 cm³/mol. The van der Waals surface area contributed by atoms with Crippen LogP contribution in [0.5, 0.6) is 0 Å². The fraction of sp³-hybridized carbons (Fsp3) is 0.917. The van der Waals surface area contributed by atoms with E-state index in [2.05, 4.69) is 5.32 Å². The summed E-state index contributed by atoms with van der Waals surface area (Å²) >= 11 is 1.82. The standard InChI is InChI=1S/C12H25NO3S/c1-4-13-12(2,11(15)16-3)7-5-9-17-10-6-8-14/h13-14H,4-10H2,1-3H3. The molecular formula is C12H25NO3S. The van der Waals surface area contributed by atoms with Gasteiger partial charge in [-0.3, -0.25) is 4.79 Å². The Kier molecular flexibility index (Phi) is 9.59. The van der Waals surface area contributed by atoms with Gasteiger partial charge in [0.15, 0.2) is 0 Å². The zero-order valence-corrected chi connectivity index (χ0v) is 11.9. The van der Waals surface area contributed by atoms with Crippen molar-refractivity contribution in [2.45, 2.75) is 38.6 Å². The summed E-state index contributed by atoms with van der Waals surface area (Å²) in [5, 5.41) is 11.8. The third-order valence-corrected chi connectivity index (χ3v) is 3.77. The Morgan fingerprint density at radius 3 is 2.59 bits per heavy atom. The number of aliphatic hydroxyl groups excluding tert-OH is 1. The van der Waals surface area contributed by atoms with Gasteiger partial charge in [-0.2, -0.15) is 11.8 Å². The second-order valence-corrected chi connectivity index (χ2v) is 5.37. The molecule has 0 saturated carbocycles. The van der Waals surface area contributed by atoms with Crippen molar-refractivity contribution in [2.75, 3.05) is 31.8 Å². The number of hydrogen-bond acceptors (Lipinski definition) is 5. The highest BCUT2D eigenvalue weighted by Crippen LogP contribution is 2.17. The molecule has 4 nitrogen and oxygen atoms in total. The molecule has 0 aromatic heterocycles. The minimum Gasteiger partial charge on any atom is -0.468 e. The highest BCUT2D eigenvalue weighted by Gasteiger charge is 2.32. The Morgan fingerprint density at radius 2 is 2.06 bits per heavy atom. The number of nitrogens with one attached hydrogen (secondary N) is 1. The van der Waals surface area contributed by atoms with Crippen LogP contribution >= 0.6 is 11.8 Å². The van der Waals surface area contributed by atoms with Gasteiger partial charge in [-0.1, -0.05) is 6.92 Å². The summed E-state index contributed by atoms with van der Waals surface area (Å²) in [6, 6.07) is 0. The van der Waals surface area contributed by atoms with Crippen molar-refractivity contribution in [3.63, 3.8) is 0 Å². The maximum atomic E-state index is 11.7. The second kappa shape index (κ2) is 9.74. The van der Waals surface area contributed by atoms with Crippen LogP contribution in [-0.4, -0.2) is 48.4 Å². The Balaban J connectivity index is 3.88. The molecule has 0 spiro atoms. The van der Waals surface area contributed by atoms with Crippen molar-refractivity contribution < 1.29 is 14.6 Å². The molecule has 17 heavy (non-hydrogen) atoms. The molecule has 0 aliphatic heterocycles. The zero-order chi connectivity index (χ0) is 13.1. The maximum Gasteiger partial charge on any atom is 0.325 e. The average molecular weight is 263 g/mol. The van der Waals surface area contributed by atoms with Crippen LogP contribution in [0.2, 0.25) is 0 Å². The molecule has 2 N–H and O–H groups in total. The first-order chi connectivity index (χ1) is 8.10. The minimum atomic E-state index is -0.568.